The van der Waals surface area contributed by atoms with E-state index in [4.69, 9.17) is 15.1 Å². The van der Waals surface area contributed by atoms with Gasteiger partial charge in [-0.15, -0.1) is 0 Å². The van der Waals surface area contributed by atoms with Gasteiger partial charge in [-0.05, 0) is 13.8 Å². The Kier molecular flexibility index (Phi) is 12.6. The van der Waals surface area contributed by atoms with Crippen LogP contribution in [0, 0.1) is 0 Å². The molecule has 0 fully saturated rings. The molecule has 0 spiro atoms. The van der Waals surface area contributed by atoms with Crippen molar-refractivity contribution >= 4 is 22.4 Å². The zero-order valence-corrected chi connectivity index (χ0v) is 14.4. The van der Waals surface area contributed by atoms with Crippen LogP contribution in [0.5, 0.6) is 0 Å². The molecule has 0 aromatic carbocycles. The van der Waals surface area contributed by atoms with Crippen LogP contribution in [0.15, 0.2) is 0 Å². The highest BCUT2D eigenvalue weighted by atomic mass is 32.3. The molecule has 0 aliphatic carbocycles. The molecule has 0 aromatic rings. The summed E-state index contributed by atoms with van der Waals surface area (Å²) in [6.45, 7) is 5.85. The van der Waals surface area contributed by atoms with Gasteiger partial charge in [-0.2, -0.15) is 0 Å². The second-order valence-corrected chi connectivity index (χ2v) is 8.47. The summed E-state index contributed by atoms with van der Waals surface area (Å²) in [6, 6.07) is 0. The van der Waals surface area contributed by atoms with Gasteiger partial charge in [0, 0.05) is 29.6 Å². The van der Waals surface area contributed by atoms with E-state index in [2.05, 4.69) is 23.1 Å². The molecule has 0 aromatic heterocycles. The van der Waals surface area contributed by atoms with Gasteiger partial charge < -0.3 is 22.1 Å². The molecule has 0 bridgehead atoms. The second kappa shape index (κ2) is 12.3. The third-order valence-corrected chi connectivity index (χ3v) is 5.97. The van der Waals surface area contributed by atoms with Crippen molar-refractivity contribution in [1.29, 1.82) is 0 Å². The smallest absolute Gasteiger partial charge is 0.204 e. The lowest BCUT2D eigenvalue weighted by Gasteiger charge is -2.07. The fourth-order valence-corrected chi connectivity index (χ4v) is 4.71. The van der Waals surface area contributed by atoms with Crippen LogP contribution in [-0.2, 0) is 26.0 Å². The van der Waals surface area contributed by atoms with Crippen LogP contribution in [-0.4, -0.2) is 49.4 Å². The molecule has 0 amide bonds. The number of hydrogen-bond donors (Lipinski definition) is 4. The minimum absolute atomic E-state index is 0.0574. The molecular formula is C12H32N4OS2+2. The molecule has 0 saturated carbocycles. The van der Waals surface area contributed by atoms with Gasteiger partial charge in [0.25, 0.3) is 0 Å². The third kappa shape index (κ3) is 14.7. The Morgan fingerprint density at radius 3 is 1.58 bits per heavy atom. The van der Waals surface area contributed by atoms with E-state index in [0.717, 1.165) is 37.4 Å². The maximum Gasteiger partial charge on any atom is 0.204 e. The second-order valence-electron chi connectivity index (χ2n) is 4.82. The average molecular weight is 313 g/mol. The molecule has 0 aliphatic rings. The van der Waals surface area contributed by atoms with Crippen LogP contribution in [0.4, 0.5) is 0 Å². The Labute approximate surface area is 124 Å². The minimum Gasteiger partial charge on any atom is -0.316 e. The maximum absolute atomic E-state index is 6.00. The van der Waals surface area contributed by atoms with Crippen LogP contribution < -0.4 is 22.1 Å². The van der Waals surface area contributed by atoms with Crippen molar-refractivity contribution in [3.05, 3.63) is 0 Å². The third-order valence-electron chi connectivity index (χ3n) is 2.38. The summed E-state index contributed by atoms with van der Waals surface area (Å²) < 4.78 is 6.00. The van der Waals surface area contributed by atoms with Crippen LogP contribution in [0.2, 0.25) is 0 Å². The Morgan fingerprint density at radius 2 is 1.26 bits per heavy atom. The van der Waals surface area contributed by atoms with Crippen LogP contribution in [0.1, 0.15) is 26.7 Å². The quantitative estimate of drug-likeness (QED) is 0.230. The first-order valence-electron chi connectivity index (χ1n) is 6.83. The van der Waals surface area contributed by atoms with Crippen LogP contribution in [0.25, 0.3) is 0 Å². The topological polar surface area (TPSA) is 85.3 Å². The van der Waals surface area contributed by atoms with E-state index in [0.29, 0.717) is 0 Å². The maximum atomic E-state index is 6.00. The molecule has 6 N–H and O–H groups in total. The molecule has 7 heteroatoms. The zero-order valence-electron chi connectivity index (χ0n) is 12.8. The Hall–Kier alpha value is 0.500. The standard InChI is InChI=1S/C12H32N4OS2/c1-11(13)15-7-5-9-18(3)17-19(4)10-6-8-16-12(2)14/h11-12,15-16H,5-10,13-14H2,1-4H3/q+2. The van der Waals surface area contributed by atoms with E-state index in [1.165, 1.54) is 0 Å². The molecule has 0 rings (SSSR count). The lowest BCUT2D eigenvalue weighted by molar-refractivity contribution is 0.560. The van der Waals surface area contributed by atoms with Crippen molar-refractivity contribution < 1.29 is 3.63 Å². The summed E-state index contributed by atoms with van der Waals surface area (Å²) in [6.07, 6.45) is 6.75. The highest BCUT2D eigenvalue weighted by Gasteiger charge is 2.26. The number of nitrogens with two attached hydrogens (primary N) is 2. The SMILES string of the molecule is CC(N)NCCC[S+](C)O[S+](C)CCCNC(C)N. The van der Waals surface area contributed by atoms with Crippen molar-refractivity contribution in [3.63, 3.8) is 0 Å². The van der Waals surface area contributed by atoms with Crippen LogP contribution in [0.3, 0.4) is 0 Å². The Morgan fingerprint density at radius 1 is 0.895 bits per heavy atom. The van der Waals surface area contributed by atoms with Crippen molar-refractivity contribution in [2.24, 2.45) is 11.5 Å². The first-order chi connectivity index (χ1) is 8.91. The molecule has 0 heterocycles. The molecule has 116 valence electrons. The molecule has 4 unspecified atom stereocenters. The first kappa shape index (κ1) is 19.5. The first-order valence-corrected chi connectivity index (χ1v) is 10.3. The molecule has 0 aliphatic heterocycles. The molecule has 19 heavy (non-hydrogen) atoms. The van der Waals surface area contributed by atoms with Crippen molar-refractivity contribution in [3.8, 4) is 0 Å². The molecule has 0 radical (unpaired) electrons. The van der Waals surface area contributed by atoms with Gasteiger partial charge >= 0.3 is 0 Å². The summed E-state index contributed by atoms with van der Waals surface area (Å²) in [5.41, 5.74) is 11.3. The summed E-state index contributed by atoms with van der Waals surface area (Å²) in [5.74, 6) is 2.21. The summed E-state index contributed by atoms with van der Waals surface area (Å²) in [4.78, 5) is 0. The number of hydrogen-bond acceptors (Lipinski definition) is 5. The number of nitrogens with one attached hydrogen (secondary N) is 2. The Bertz CT molecular complexity index is 188. The van der Waals surface area contributed by atoms with Crippen LogP contribution >= 0.6 is 0 Å². The van der Waals surface area contributed by atoms with Gasteiger partial charge in [0.1, 0.15) is 24.0 Å². The highest BCUT2D eigenvalue weighted by molar-refractivity contribution is 8.04. The predicted molar refractivity (Wildman–Crippen MR) is 89.9 cm³/mol. The normalized spacial score (nSPS) is 18.0. The lowest BCUT2D eigenvalue weighted by atomic mass is 10.4. The average Bonchev–Trinajstić information content (AvgIpc) is 2.30. The number of rotatable bonds is 12. The zero-order chi connectivity index (χ0) is 14.7. The van der Waals surface area contributed by atoms with Gasteiger partial charge in [0.05, 0.1) is 12.3 Å². The van der Waals surface area contributed by atoms with E-state index in [1.54, 1.807) is 0 Å². The summed E-state index contributed by atoms with van der Waals surface area (Å²) in [7, 11) is 0. The minimum atomic E-state index is 0.0574. The molecule has 4 atom stereocenters. The lowest BCUT2D eigenvalue weighted by Crippen LogP contribution is -2.35. The van der Waals surface area contributed by atoms with E-state index >= 15 is 0 Å². The highest BCUT2D eigenvalue weighted by Crippen LogP contribution is 2.06. The summed E-state index contributed by atoms with van der Waals surface area (Å²) in [5, 5.41) is 6.43. The van der Waals surface area contributed by atoms with Crippen molar-refractivity contribution in [2.75, 3.05) is 37.1 Å². The summed E-state index contributed by atoms with van der Waals surface area (Å²) >= 11 is 0.115. The van der Waals surface area contributed by atoms with Gasteiger partial charge in [-0.25, -0.2) is 0 Å². The van der Waals surface area contributed by atoms with E-state index in [1.807, 2.05) is 13.8 Å². The Balaban J connectivity index is 3.44. The van der Waals surface area contributed by atoms with Gasteiger partial charge in [-0.1, -0.05) is 0 Å². The monoisotopic (exact) mass is 312 g/mol. The van der Waals surface area contributed by atoms with E-state index < -0.39 is 0 Å². The van der Waals surface area contributed by atoms with Gasteiger partial charge in [0.15, 0.2) is 0 Å². The van der Waals surface area contributed by atoms with Crippen molar-refractivity contribution in [1.82, 2.24) is 10.6 Å². The molecule has 5 nitrogen and oxygen atoms in total. The van der Waals surface area contributed by atoms with Gasteiger partial charge in [-0.3, -0.25) is 0 Å². The molecular weight excluding hydrogens is 280 g/mol. The van der Waals surface area contributed by atoms with E-state index in [9.17, 15) is 0 Å². The van der Waals surface area contributed by atoms with Crippen molar-refractivity contribution in [2.45, 2.75) is 39.0 Å². The molecule has 0 saturated heterocycles. The largest absolute Gasteiger partial charge is 0.316 e. The van der Waals surface area contributed by atoms with Gasteiger partial charge in [0.2, 0.25) is 22.4 Å². The fourth-order valence-electron chi connectivity index (χ4n) is 1.48. The fraction of sp³-hybridized carbons (Fsp3) is 1.00. The van der Waals surface area contributed by atoms with E-state index in [-0.39, 0.29) is 34.7 Å². The predicted octanol–water partition coefficient (Wildman–Crippen LogP) is -0.102.